The van der Waals surface area contributed by atoms with Gasteiger partial charge in [0.05, 0.1) is 16.5 Å². The van der Waals surface area contributed by atoms with E-state index in [0.717, 1.165) is 0 Å². The van der Waals surface area contributed by atoms with Crippen molar-refractivity contribution in [1.29, 1.82) is 0 Å². The fraction of sp³-hybridized carbons (Fsp3) is 0.250. The van der Waals surface area contributed by atoms with Crippen LogP contribution in [0.4, 0.5) is 10.1 Å². The molecule has 1 heterocycles. The SMILES string of the molecule is CC(C)Cn1c(SCC(=O)Nc2ccccc2F)nnc1-c1ccc(Cl)cc1Cl. The number of rotatable bonds is 7. The highest BCUT2D eigenvalue weighted by Crippen LogP contribution is 2.32. The maximum Gasteiger partial charge on any atom is 0.234 e. The van der Waals surface area contributed by atoms with Crippen LogP contribution >= 0.6 is 35.0 Å². The van der Waals surface area contributed by atoms with Crippen molar-refractivity contribution in [3.63, 3.8) is 0 Å². The quantitative estimate of drug-likeness (QED) is 0.461. The van der Waals surface area contributed by atoms with E-state index >= 15 is 0 Å². The molecule has 0 fully saturated rings. The lowest BCUT2D eigenvalue weighted by atomic mass is 10.2. The van der Waals surface area contributed by atoms with E-state index in [1.807, 2.05) is 4.57 Å². The van der Waals surface area contributed by atoms with Crippen molar-refractivity contribution >= 4 is 46.6 Å². The van der Waals surface area contributed by atoms with Gasteiger partial charge in [0.25, 0.3) is 0 Å². The molecule has 5 nitrogen and oxygen atoms in total. The molecule has 3 aromatic rings. The highest BCUT2D eigenvalue weighted by atomic mass is 35.5. The van der Waals surface area contributed by atoms with Gasteiger partial charge >= 0.3 is 0 Å². The summed E-state index contributed by atoms with van der Waals surface area (Å²) in [6.07, 6.45) is 0. The van der Waals surface area contributed by atoms with Gasteiger partial charge in [-0.15, -0.1) is 10.2 Å². The Kier molecular flexibility index (Phi) is 7.16. The number of anilines is 1. The van der Waals surface area contributed by atoms with Crippen molar-refractivity contribution in [2.45, 2.75) is 25.5 Å². The van der Waals surface area contributed by atoms with Gasteiger partial charge in [-0.3, -0.25) is 4.79 Å². The van der Waals surface area contributed by atoms with Crippen LogP contribution in [0.2, 0.25) is 10.0 Å². The summed E-state index contributed by atoms with van der Waals surface area (Å²) in [5.41, 5.74) is 0.863. The number of carbonyl (C=O) groups excluding carboxylic acids is 1. The second kappa shape index (κ2) is 9.61. The molecule has 0 saturated heterocycles. The predicted octanol–water partition coefficient (Wildman–Crippen LogP) is 5.78. The van der Waals surface area contributed by atoms with Crippen LogP contribution in [0.25, 0.3) is 11.4 Å². The number of carbonyl (C=O) groups is 1. The van der Waals surface area contributed by atoms with Crippen LogP contribution in [0.3, 0.4) is 0 Å². The van der Waals surface area contributed by atoms with Gasteiger partial charge in [-0.1, -0.05) is 60.9 Å². The standard InChI is InChI=1S/C20H19Cl2FN4OS/c1-12(2)10-27-19(14-8-7-13(21)9-15(14)22)25-26-20(27)29-11-18(28)24-17-6-4-3-5-16(17)23/h3-9,12H,10-11H2,1-2H3,(H,24,28). The number of thioether (sulfide) groups is 1. The van der Waals surface area contributed by atoms with Gasteiger partial charge in [0, 0.05) is 17.1 Å². The maximum absolute atomic E-state index is 13.7. The first-order valence-electron chi connectivity index (χ1n) is 8.91. The normalized spacial score (nSPS) is 11.1. The van der Waals surface area contributed by atoms with Gasteiger partial charge in [-0.25, -0.2) is 4.39 Å². The van der Waals surface area contributed by atoms with E-state index in [1.54, 1.807) is 30.3 Å². The molecular weight excluding hydrogens is 434 g/mol. The predicted molar refractivity (Wildman–Crippen MR) is 116 cm³/mol. The van der Waals surface area contributed by atoms with Crippen molar-refractivity contribution in [3.05, 3.63) is 58.3 Å². The minimum absolute atomic E-state index is 0.0684. The molecule has 0 atom stereocenters. The highest BCUT2D eigenvalue weighted by Gasteiger charge is 2.19. The third-order valence-electron chi connectivity index (χ3n) is 3.92. The molecule has 2 aromatic carbocycles. The Morgan fingerprint density at radius 2 is 1.97 bits per heavy atom. The summed E-state index contributed by atoms with van der Waals surface area (Å²) in [5, 5.41) is 12.7. The van der Waals surface area contributed by atoms with Crippen LogP contribution in [0, 0.1) is 11.7 Å². The topological polar surface area (TPSA) is 59.8 Å². The first-order valence-corrected chi connectivity index (χ1v) is 10.6. The van der Waals surface area contributed by atoms with Crippen molar-refractivity contribution in [2.75, 3.05) is 11.1 Å². The number of nitrogens with one attached hydrogen (secondary N) is 1. The zero-order chi connectivity index (χ0) is 21.0. The second-order valence-corrected chi connectivity index (χ2v) is 8.54. The molecule has 29 heavy (non-hydrogen) atoms. The molecule has 0 radical (unpaired) electrons. The van der Waals surface area contributed by atoms with E-state index < -0.39 is 5.82 Å². The average molecular weight is 453 g/mol. The third-order valence-corrected chi connectivity index (χ3v) is 5.43. The zero-order valence-corrected chi connectivity index (χ0v) is 18.2. The first-order chi connectivity index (χ1) is 13.8. The molecule has 152 valence electrons. The molecule has 0 saturated carbocycles. The minimum atomic E-state index is -0.478. The van der Waals surface area contributed by atoms with Crippen LogP contribution in [0.5, 0.6) is 0 Å². The number of aromatic nitrogens is 3. The van der Waals surface area contributed by atoms with Gasteiger partial charge in [-0.2, -0.15) is 0 Å². The van der Waals surface area contributed by atoms with Gasteiger partial charge in [0.1, 0.15) is 5.82 Å². The second-order valence-electron chi connectivity index (χ2n) is 6.75. The Balaban J connectivity index is 1.79. The molecule has 0 aliphatic carbocycles. The third kappa shape index (κ3) is 5.50. The van der Waals surface area contributed by atoms with Crippen LogP contribution in [0.1, 0.15) is 13.8 Å². The van der Waals surface area contributed by atoms with Gasteiger partial charge in [0.15, 0.2) is 11.0 Å². The van der Waals surface area contributed by atoms with Crippen molar-refractivity contribution in [3.8, 4) is 11.4 Å². The number of halogens is 3. The van der Waals surface area contributed by atoms with Gasteiger partial charge in [-0.05, 0) is 36.2 Å². The van der Waals surface area contributed by atoms with Crippen LogP contribution < -0.4 is 5.32 Å². The number of amides is 1. The zero-order valence-electron chi connectivity index (χ0n) is 15.8. The number of benzene rings is 2. The highest BCUT2D eigenvalue weighted by molar-refractivity contribution is 7.99. The lowest BCUT2D eigenvalue weighted by molar-refractivity contribution is -0.113. The molecule has 9 heteroatoms. The van der Waals surface area contributed by atoms with E-state index in [9.17, 15) is 9.18 Å². The Labute approximate surface area is 182 Å². The number of hydrogen-bond donors (Lipinski definition) is 1. The van der Waals surface area contributed by atoms with Crippen LogP contribution in [-0.2, 0) is 11.3 Å². The Hall–Kier alpha value is -2.09. The molecule has 1 N–H and O–H groups in total. The summed E-state index contributed by atoms with van der Waals surface area (Å²) in [4.78, 5) is 12.2. The number of para-hydroxylation sites is 1. The number of nitrogens with zero attached hydrogens (tertiary/aromatic N) is 3. The monoisotopic (exact) mass is 452 g/mol. The Morgan fingerprint density at radius 1 is 1.21 bits per heavy atom. The van der Waals surface area contributed by atoms with Crippen LogP contribution in [-0.4, -0.2) is 26.4 Å². The lowest BCUT2D eigenvalue weighted by Gasteiger charge is -2.13. The minimum Gasteiger partial charge on any atom is -0.323 e. The Morgan fingerprint density at radius 3 is 2.66 bits per heavy atom. The number of hydrogen-bond acceptors (Lipinski definition) is 4. The maximum atomic E-state index is 13.7. The summed E-state index contributed by atoms with van der Waals surface area (Å²) < 4.78 is 15.6. The molecule has 1 amide bonds. The fourth-order valence-electron chi connectivity index (χ4n) is 2.67. The molecule has 0 aliphatic heterocycles. The molecule has 0 bridgehead atoms. The van der Waals surface area contributed by atoms with Crippen molar-refractivity contribution in [1.82, 2.24) is 14.8 Å². The molecule has 0 unspecified atom stereocenters. The molecule has 3 rings (SSSR count). The Bertz CT molecular complexity index is 1030. The van der Waals surface area contributed by atoms with E-state index in [2.05, 4.69) is 29.4 Å². The van der Waals surface area contributed by atoms with E-state index in [0.29, 0.717) is 39.1 Å². The average Bonchev–Trinajstić information content (AvgIpc) is 3.03. The van der Waals surface area contributed by atoms with Gasteiger partial charge in [0.2, 0.25) is 5.91 Å². The molecule has 1 aromatic heterocycles. The van der Waals surface area contributed by atoms with Crippen LogP contribution in [0.15, 0.2) is 47.6 Å². The molecular formula is C20H19Cl2FN4OS. The summed E-state index contributed by atoms with van der Waals surface area (Å²) in [5.74, 6) is 0.192. The summed E-state index contributed by atoms with van der Waals surface area (Å²) in [6, 6.07) is 11.2. The first kappa shape index (κ1) is 21.6. The van der Waals surface area contributed by atoms with Crippen molar-refractivity contribution in [2.24, 2.45) is 5.92 Å². The van der Waals surface area contributed by atoms with E-state index in [1.165, 1.54) is 23.9 Å². The van der Waals surface area contributed by atoms with E-state index in [4.69, 9.17) is 23.2 Å². The van der Waals surface area contributed by atoms with Crippen molar-refractivity contribution < 1.29 is 9.18 Å². The van der Waals surface area contributed by atoms with E-state index in [-0.39, 0.29) is 17.3 Å². The summed E-state index contributed by atoms with van der Waals surface area (Å²) >= 11 is 13.6. The molecule has 0 aliphatic rings. The molecule has 0 spiro atoms. The van der Waals surface area contributed by atoms with Gasteiger partial charge < -0.3 is 9.88 Å². The summed E-state index contributed by atoms with van der Waals surface area (Å²) in [6.45, 7) is 4.80. The lowest BCUT2D eigenvalue weighted by Crippen LogP contribution is -2.16. The fourth-order valence-corrected chi connectivity index (χ4v) is 3.92. The largest absolute Gasteiger partial charge is 0.323 e. The summed E-state index contributed by atoms with van der Waals surface area (Å²) in [7, 11) is 0. The smallest absolute Gasteiger partial charge is 0.234 e.